The third kappa shape index (κ3) is 2.82. The molecule has 2 atom stereocenters. The fourth-order valence-corrected chi connectivity index (χ4v) is 3.26. The molecule has 0 unspecified atom stereocenters. The standard InChI is InChI=1S/C16H16BrN3O4/c1-8(13(21)19-12-3-2-6-18-14(12)22)20-15(23)10-5-4-9(17)7-11(10)16(20)24/h4-5,7-8,12H,2-3,6H2,1H3,(H,18,22)(H,19,21)/t8-,12+/m1/s1. The zero-order valence-electron chi connectivity index (χ0n) is 13.0. The van der Waals surface area contributed by atoms with Gasteiger partial charge in [-0.25, -0.2) is 0 Å². The highest BCUT2D eigenvalue weighted by Crippen LogP contribution is 2.27. The van der Waals surface area contributed by atoms with E-state index in [0.717, 1.165) is 11.3 Å². The molecule has 0 bridgehead atoms. The SMILES string of the molecule is C[C@H](C(=O)N[C@H]1CCCNC1=O)N1C(=O)c2ccc(Br)cc2C1=O. The lowest BCUT2D eigenvalue weighted by Crippen LogP contribution is -2.55. The molecule has 2 N–H and O–H groups in total. The number of benzene rings is 1. The van der Waals surface area contributed by atoms with Gasteiger partial charge >= 0.3 is 0 Å². The van der Waals surface area contributed by atoms with E-state index < -0.39 is 29.8 Å². The van der Waals surface area contributed by atoms with Gasteiger partial charge in [-0.3, -0.25) is 24.1 Å². The van der Waals surface area contributed by atoms with Gasteiger partial charge in [0.1, 0.15) is 12.1 Å². The summed E-state index contributed by atoms with van der Waals surface area (Å²) >= 11 is 3.26. The molecule has 3 rings (SSSR count). The van der Waals surface area contributed by atoms with Gasteiger partial charge in [0.2, 0.25) is 11.8 Å². The molecule has 24 heavy (non-hydrogen) atoms. The second kappa shape index (κ2) is 6.35. The summed E-state index contributed by atoms with van der Waals surface area (Å²) < 4.78 is 0.681. The number of fused-ring (bicyclic) bond motifs is 1. The third-order valence-corrected chi connectivity index (χ3v) is 4.74. The predicted octanol–water partition coefficient (Wildman–Crippen LogP) is 0.828. The van der Waals surface area contributed by atoms with Crippen LogP contribution in [0.25, 0.3) is 0 Å². The van der Waals surface area contributed by atoms with E-state index in [4.69, 9.17) is 0 Å². The highest BCUT2D eigenvalue weighted by molar-refractivity contribution is 9.10. The molecule has 0 aliphatic carbocycles. The van der Waals surface area contributed by atoms with Crippen LogP contribution in [0.2, 0.25) is 0 Å². The van der Waals surface area contributed by atoms with Crippen molar-refractivity contribution in [1.82, 2.24) is 15.5 Å². The van der Waals surface area contributed by atoms with E-state index in [-0.39, 0.29) is 17.0 Å². The summed E-state index contributed by atoms with van der Waals surface area (Å²) in [5, 5.41) is 5.30. The largest absolute Gasteiger partial charge is 0.354 e. The first-order valence-electron chi connectivity index (χ1n) is 7.65. The fraction of sp³-hybridized carbons (Fsp3) is 0.375. The van der Waals surface area contributed by atoms with E-state index in [2.05, 4.69) is 26.6 Å². The van der Waals surface area contributed by atoms with Crippen molar-refractivity contribution < 1.29 is 19.2 Å². The van der Waals surface area contributed by atoms with E-state index in [1.807, 2.05) is 0 Å². The number of rotatable bonds is 3. The Kier molecular flexibility index (Phi) is 4.40. The number of amides is 4. The quantitative estimate of drug-likeness (QED) is 0.743. The molecule has 7 nitrogen and oxygen atoms in total. The van der Waals surface area contributed by atoms with Crippen LogP contribution < -0.4 is 10.6 Å². The van der Waals surface area contributed by atoms with Gasteiger partial charge in [-0.05, 0) is 38.0 Å². The topological polar surface area (TPSA) is 95.6 Å². The molecule has 1 saturated heterocycles. The van der Waals surface area contributed by atoms with Crippen molar-refractivity contribution in [3.63, 3.8) is 0 Å². The molecule has 0 aromatic heterocycles. The maximum Gasteiger partial charge on any atom is 0.262 e. The lowest BCUT2D eigenvalue weighted by atomic mass is 10.1. The van der Waals surface area contributed by atoms with E-state index in [1.54, 1.807) is 18.2 Å². The maximum atomic E-state index is 12.5. The van der Waals surface area contributed by atoms with Crippen molar-refractivity contribution in [2.45, 2.75) is 31.8 Å². The Morgan fingerprint density at radius 3 is 2.71 bits per heavy atom. The molecule has 1 aromatic carbocycles. The van der Waals surface area contributed by atoms with Crippen LogP contribution >= 0.6 is 15.9 Å². The van der Waals surface area contributed by atoms with E-state index in [9.17, 15) is 19.2 Å². The molecule has 2 heterocycles. The molecule has 126 valence electrons. The normalized spacial score (nSPS) is 21.3. The lowest BCUT2D eigenvalue weighted by Gasteiger charge is -2.27. The number of halogens is 1. The predicted molar refractivity (Wildman–Crippen MR) is 88.3 cm³/mol. The summed E-state index contributed by atoms with van der Waals surface area (Å²) in [6.45, 7) is 2.07. The molecule has 1 aromatic rings. The van der Waals surface area contributed by atoms with Gasteiger partial charge < -0.3 is 10.6 Å². The van der Waals surface area contributed by atoms with Crippen molar-refractivity contribution in [2.24, 2.45) is 0 Å². The highest BCUT2D eigenvalue weighted by atomic mass is 79.9. The Balaban J connectivity index is 1.76. The molecule has 2 aliphatic rings. The second-order valence-corrected chi connectivity index (χ2v) is 6.76. The lowest BCUT2D eigenvalue weighted by molar-refractivity contribution is -0.131. The van der Waals surface area contributed by atoms with Gasteiger partial charge in [-0.2, -0.15) is 0 Å². The number of nitrogens with zero attached hydrogens (tertiary/aromatic N) is 1. The molecule has 4 amide bonds. The minimum atomic E-state index is -0.995. The number of carbonyl (C=O) groups excluding carboxylic acids is 4. The Labute approximate surface area is 146 Å². The van der Waals surface area contributed by atoms with Crippen molar-refractivity contribution in [1.29, 1.82) is 0 Å². The van der Waals surface area contributed by atoms with Crippen LogP contribution in [-0.2, 0) is 9.59 Å². The van der Waals surface area contributed by atoms with Gasteiger partial charge in [-0.1, -0.05) is 15.9 Å². The molecule has 0 radical (unpaired) electrons. The summed E-state index contributed by atoms with van der Waals surface area (Å²) in [5.41, 5.74) is 0.544. The summed E-state index contributed by atoms with van der Waals surface area (Å²) in [6.07, 6.45) is 1.31. The monoisotopic (exact) mass is 393 g/mol. The fourth-order valence-electron chi connectivity index (χ4n) is 2.90. The smallest absolute Gasteiger partial charge is 0.262 e. The molecular formula is C16H16BrN3O4. The highest BCUT2D eigenvalue weighted by Gasteiger charge is 2.41. The average molecular weight is 394 g/mol. The Morgan fingerprint density at radius 1 is 1.29 bits per heavy atom. The van der Waals surface area contributed by atoms with Gasteiger partial charge in [0.15, 0.2) is 0 Å². The molecular weight excluding hydrogens is 378 g/mol. The van der Waals surface area contributed by atoms with Crippen LogP contribution in [-0.4, -0.2) is 47.2 Å². The summed E-state index contributed by atoms with van der Waals surface area (Å²) in [5.74, 6) is -1.77. The first kappa shape index (κ1) is 16.6. The zero-order valence-corrected chi connectivity index (χ0v) is 14.6. The first-order valence-corrected chi connectivity index (χ1v) is 8.45. The number of hydrogen-bond donors (Lipinski definition) is 2. The van der Waals surface area contributed by atoms with E-state index in [0.29, 0.717) is 17.4 Å². The Bertz CT molecular complexity index is 749. The van der Waals surface area contributed by atoms with Gasteiger partial charge in [0.05, 0.1) is 11.1 Å². The first-order chi connectivity index (χ1) is 11.4. The zero-order chi connectivity index (χ0) is 17.4. The van der Waals surface area contributed by atoms with Crippen molar-refractivity contribution in [2.75, 3.05) is 6.54 Å². The minimum absolute atomic E-state index is 0.243. The summed E-state index contributed by atoms with van der Waals surface area (Å²) in [6, 6.07) is 3.17. The molecule has 2 aliphatic heterocycles. The minimum Gasteiger partial charge on any atom is -0.354 e. The Hall–Kier alpha value is -2.22. The van der Waals surface area contributed by atoms with Crippen molar-refractivity contribution in [3.05, 3.63) is 33.8 Å². The van der Waals surface area contributed by atoms with Gasteiger partial charge in [-0.15, -0.1) is 0 Å². The molecule has 1 fully saturated rings. The molecule has 0 saturated carbocycles. The number of nitrogens with one attached hydrogen (secondary N) is 2. The van der Waals surface area contributed by atoms with Crippen LogP contribution in [0.5, 0.6) is 0 Å². The maximum absolute atomic E-state index is 12.5. The van der Waals surface area contributed by atoms with Crippen LogP contribution in [0.3, 0.4) is 0 Å². The second-order valence-electron chi connectivity index (χ2n) is 5.84. The molecule has 8 heteroatoms. The number of hydrogen-bond acceptors (Lipinski definition) is 4. The van der Waals surface area contributed by atoms with Crippen molar-refractivity contribution in [3.8, 4) is 0 Å². The van der Waals surface area contributed by atoms with Crippen LogP contribution in [0.15, 0.2) is 22.7 Å². The summed E-state index contributed by atoms with van der Waals surface area (Å²) in [4.78, 5) is 50.0. The van der Waals surface area contributed by atoms with E-state index in [1.165, 1.54) is 6.92 Å². The number of carbonyl (C=O) groups is 4. The molecule has 0 spiro atoms. The van der Waals surface area contributed by atoms with Crippen LogP contribution in [0, 0.1) is 0 Å². The third-order valence-electron chi connectivity index (χ3n) is 4.25. The summed E-state index contributed by atoms with van der Waals surface area (Å²) in [7, 11) is 0. The van der Waals surface area contributed by atoms with E-state index >= 15 is 0 Å². The van der Waals surface area contributed by atoms with Crippen molar-refractivity contribution >= 4 is 39.6 Å². The Morgan fingerprint density at radius 2 is 2.00 bits per heavy atom. The van der Waals surface area contributed by atoms with Crippen LogP contribution in [0.4, 0.5) is 0 Å². The number of piperidine rings is 1. The van der Waals surface area contributed by atoms with Crippen LogP contribution in [0.1, 0.15) is 40.5 Å². The average Bonchev–Trinajstić information content (AvgIpc) is 2.79. The van der Waals surface area contributed by atoms with Gasteiger partial charge in [0, 0.05) is 11.0 Å². The number of imide groups is 1. The van der Waals surface area contributed by atoms with Gasteiger partial charge in [0.25, 0.3) is 11.8 Å².